The second-order valence-electron chi connectivity index (χ2n) is 6.25. The number of aromatic nitrogens is 1. The number of ether oxygens (including phenoxy) is 1. The van der Waals surface area contributed by atoms with Gasteiger partial charge in [-0.1, -0.05) is 18.2 Å². The Hall–Kier alpha value is -3.06. The molecule has 0 saturated carbocycles. The van der Waals surface area contributed by atoms with Crippen LogP contribution in [0.2, 0.25) is 0 Å². The summed E-state index contributed by atoms with van der Waals surface area (Å²) in [6.45, 7) is 3.98. The standard InChI is InChI=1S/C21H21N3O3S/c1-13-5-4-6-16-19(9-14(2)23-21(13)16)28-12-20(26)24-22-11-15-7-8-18(27-3)17(25)10-15/h4-11,25H,12H2,1-3H3,(H,24,26). The van der Waals surface area contributed by atoms with Crippen LogP contribution in [0.1, 0.15) is 16.8 Å². The molecule has 0 saturated heterocycles. The van der Waals surface area contributed by atoms with Gasteiger partial charge in [0.2, 0.25) is 5.91 Å². The summed E-state index contributed by atoms with van der Waals surface area (Å²) in [5.41, 5.74) is 6.15. The number of carbonyl (C=O) groups excluding carboxylic acids is 1. The fourth-order valence-electron chi connectivity index (χ4n) is 2.74. The van der Waals surface area contributed by atoms with E-state index in [1.165, 1.54) is 31.2 Å². The number of fused-ring (bicyclic) bond motifs is 1. The molecule has 7 heteroatoms. The van der Waals surface area contributed by atoms with E-state index in [2.05, 4.69) is 15.5 Å². The molecule has 3 rings (SSSR count). The number of nitrogens with zero attached hydrogens (tertiary/aromatic N) is 2. The van der Waals surface area contributed by atoms with Crippen LogP contribution >= 0.6 is 11.8 Å². The first kappa shape index (κ1) is 19.7. The van der Waals surface area contributed by atoms with Crippen LogP contribution in [0.5, 0.6) is 11.5 Å². The van der Waals surface area contributed by atoms with Crippen molar-refractivity contribution >= 4 is 34.8 Å². The molecule has 0 aliphatic rings. The Labute approximate surface area is 167 Å². The minimum Gasteiger partial charge on any atom is -0.504 e. The summed E-state index contributed by atoms with van der Waals surface area (Å²) in [5.74, 6) is 0.419. The fraction of sp³-hybridized carbons (Fsp3) is 0.190. The summed E-state index contributed by atoms with van der Waals surface area (Å²) in [6, 6.07) is 12.9. The number of hydrazone groups is 1. The number of amides is 1. The topological polar surface area (TPSA) is 83.8 Å². The highest BCUT2D eigenvalue weighted by atomic mass is 32.2. The lowest BCUT2D eigenvalue weighted by Crippen LogP contribution is -2.19. The van der Waals surface area contributed by atoms with Gasteiger partial charge in [0.25, 0.3) is 0 Å². The summed E-state index contributed by atoms with van der Waals surface area (Å²) in [4.78, 5) is 17.7. The van der Waals surface area contributed by atoms with Crippen LogP contribution in [-0.4, -0.2) is 35.1 Å². The molecule has 0 spiro atoms. The number of thioether (sulfide) groups is 1. The van der Waals surface area contributed by atoms with E-state index in [1.807, 2.05) is 38.1 Å². The summed E-state index contributed by atoms with van der Waals surface area (Å²) >= 11 is 1.45. The van der Waals surface area contributed by atoms with Crippen LogP contribution in [0, 0.1) is 13.8 Å². The number of benzene rings is 2. The molecule has 2 aromatic carbocycles. The van der Waals surface area contributed by atoms with E-state index in [0.29, 0.717) is 11.3 Å². The quantitative estimate of drug-likeness (QED) is 0.377. The van der Waals surface area contributed by atoms with Crippen molar-refractivity contribution in [3.8, 4) is 11.5 Å². The van der Waals surface area contributed by atoms with Gasteiger partial charge in [-0.2, -0.15) is 5.10 Å². The smallest absolute Gasteiger partial charge is 0.250 e. The molecular formula is C21H21N3O3S. The fourth-order valence-corrected chi connectivity index (χ4v) is 3.67. The highest BCUT2D eigenvalue weighted by Gasteiger charge is 2.09. The van der Waals surface area contributed by atoms with Crippen LogP contribution in [0.3, 0.4) is 0 Å². The molecule has 0 bridgehead atoms. The minimum atomic E-state index is -0.214. The predicted molar refractivity (Wildman–Crippen MR) is 112 cm³/mol. The Morgan fingerprint density at radius 2 is 2.11 bits per heavy atom. The number of carbonyl (C=O) groups is 1. The average molecular weight is 395 g/mol. The van der Waals surface area contributed by atoms with Gasteiger partial charge in [-0.3, -0.25) is 9.78 Å². The third-order valence-electron chi connectivity index (χ3n) is 4.10. The largest absolute Gasteiger partial charge is 0.504 e. The normalized spacial score (nSPS) is 11.1. The molecule has 0 unspecified atom stereocenters. The first-order valence-corrected chi connectivity index (χ1v) is 9.65. The van der Waals surface area contributed by atoms with E-state index < -0.39 is 0 Å². The molecule has 2 N–H and O–H groups in total. The van der Waals surface area contributed by atoms with Crippen molar-refractivity contribution in [1.29, 1.82) is 0 Å². The van der Waals surface area contributed by atoms with Gasteiger partial charge >= 0.3 is 0 Å². The van der Waals surface area contributed by atoms with Crippen molar-refractivity contribution in [3.63, 3.8) is 0 Å². The number of phenols is 1. The highest BCUT2D eigenvalue weighted by molar-refractivity contribution is 8.00. The average Bonchev–Trinajstić information content (AvgIpc) is 2.67. The van der Waals surface area contributed by atoms with E-state index in [1.54, 1.807) is 12.1 Å². The van der Waals surface area contributed by atoms with Crippen LogP contribution < -0.4 is 10.2 Å². The van der Waals surface area contributed by atoms with Crippen molar-refractivity contribution in [2.45, 2.75) is 18.7 Å². The first-order valence-electron chi connectivity index (χ1n) is 8.66. The van der Waals surface area contributed by atoms with E-state index >= 15 is 0 Å². The number of hydrogen-bond donors (Lipinski definition) is 2. The van der Waals surface area contributed by atoms with Gasteiger partial charge in [0.1, 0.15) is 0 Å². The van der Waals surface area contributed by atoms with E-state index in [0.717, 1.165) is 27.1 Å². The molecule has 1 amide bonds. The highest BCUT2D eigenvalue weighted by Crippen LogP contribution is 2.29. The number of aromatic hydroxyl groups is 1. The number of para-hydroxylation sites is 1. The SMILES string of the molecule is COc1ccc(C=NNC(=O)CSc2cc(C)nc3c(C)cccc23)cc1O. The number of pyridine rings is 1. The van der Waals surface area contributed by atoms with Crippen LogP contribution in [0.4, 0.5) is 0 Å². The molecule has 1 heterocycles. The van der Waals surface area contributed by atoms with Gasteiger partial charge in [-0.15, -0.1) is 11.8 Å². The zero-order valence-corrected chi connectivity index (χ0v) is 16.7. The lowest BCUT2D eigenvalue weighted by atomic mass is 10.1. The van der Waals surface area contributed by atoms with Crippen LogP contribution in [0.15, 0.2) is 52.5 Å². The Morgan fingerprint density at radius 3 is 2.86 bits per heavy atom. The molecule has 3 aromatic rings. The summed E-state index contributed by atoms with van der Waals surface area (Å²) in [6.07, 6.45) is 1.47. The molecule has 0 radical (unpaired) electrons. The molecule has 1 aromatic heterocycles. The van der Waals surface area contributed by atoms with Gasteiger partial charge in [-0.05, 0) is 49.2 Å². The minimum absolute atomic E-state index is 0.0172. The van der Waals surface area contributed by atoms with E-state index in [-0.39, 0.29) is 17.4 Å². The Balaban J connectivity index is 1.63. The molecule has 0 aliphatic carbocycles. The zero-order chi connectivity index (χ0) is 20.1. The van der Waals surface area contributed by atoms with E-state index in [9.17, 15) is 9.90 Å². The number of rotatable bonds is 6. The molecule has 0 aliphatic heterocycles. The monoisotopic (exact) mass is 395 g/mol. The van der Waals surface area contributed by atoms with Crippen LogP contribution in [-0.2, 0) is 4.79 Å². The lowest BCUT2D eigenvalue weighted by molar-refractivity contribution is -0.118. The van der Waals surface area contributed by atoms with Gasteiger partial charge < -0.3 is 9.84 Å². The maximum Gasteiger partial charge on any atom is 0.250 e. The number of aryl methyl sites for hydroxylation is 2. The van der Waals surface area contributed by atoms with Gasteiger partial charge in [-0.25, -0.2) is 5.43 Å². The molecule has 6 nitrogen and oxygen atoms in total. The van der Waals surface area contributed by atoms with Crippen molar-refractivity contribution < 1.29 is 14.6 Å². The first-order chi connectivity index (χ1) is 13.5. The molecule has 0 fully saturated rings. The maximum absolute atomic E-state index is 12.1. The number of nitrogens with one attached hydrogen (secondary N) is 1. The molecule has 144 valence electrons. The summed E-state index contributed by atoms with van der Waals surface area (Å²) in [5, 5.41) is 14.7. The Kier molecular flexibility index (Phi) is 6.16. The molecular weight excluding hydrogens is 374 g/mol. The van der Waals surface area contributed by atoms with Gasteiger partial charge in [0.15, 0.2) is 11.5 Å². The number of hydrogen-bond acceptors (Lipinski definition) is 6. The van der Waals surface area contributed by atoms with Crippen molar-refractivity contribution in [2.75, 3.05) is 12.9 Å². The number of phenolic OH excluding ortho intramolecular Hbond substituents is 1. The summed E-state index contributed by atoms with van der Waals surface area (Å²) in [7, 11) is 1.48. The summed E-state index contributed by atoms with van der Waals surface area (Å²) < 4.78 is 4.99. The zero-order valence-electron chi connectivity index (χ0n) is 15.9. The van der Waals surface area contributed by atoms with Gasteiger partial charge in [0.05, 0.1) is 24.6 Å². The number of methoxy groups -OCH3 is 1. The predicted octanol–water partition coefficient (Wildman–Crippen LogP) is 3.81. The second kappa shape index (κ2) is 8.75. The lowest BCUT2D eigenvalue weighted by Gasteiger charge is -2.09. The van der Waals surface area contributed by atoms with Crippen molar-refractivity contribution in [1.82, 2.24) is 10.4 Å². The van der Waals surface area contributed by atoms with Crippen molar-refractivity contribution in [2.24, 2.45) is 5.10 Å². The Morgan fingerprint density at radius 1 is 1.29 bits per heavy atom. The van der Waals surface area contributed by atoms with Gasteiger partial charge in [0, 0.05) is 16.0 Å². The Bertz CT molecular complexity index is 1050. The maximum atomic E-state index is 12.1. The van der Waals surface area contributed by atoms with Crippen molar-refractivity contribution in [3.05, 3.63) is 59.3 Å². The molecule has 0 atom stereocenters. The third-order valence-corrected chi connectivity index (χ3v) is 5.15. The molecule has 28 heavy (non-hydrogen) atoms. The third kappa shape index (κ3) is 4.61. The van der Waals surface area contributed by atoms with E-state index in [4.69, 9.17) is 4.74 Å². The van der Waals surface area contributed by atoms with Crippen LogP contribution in [0.25, 0.3) is 10.9 Å². The second-order valence-corrected chi connectivity index (χ2v) is 7.26.